The van der Waals surface area contributed by atoms with Crippen LogP contribution in [0.2, 0.25) is 0 Å². The number of pyridine rings is 1. The van der Waals surface area contributed by atoms with Crippen LogP contribution in [0.25, 0.3) is 5.65 Å². The molecule has 0 unspecified atom stereocenters. The number of ether oxygens (including phenoxy) is 1. The van der Waals surface area contributed by atoms with Gasteiger partial charge in [0.25, 0.3) is 0 Å². The van der Waals surface area contributed by atoms with E-state index in [2.05, 4.69) is 17.0 Å². The minimum Gasteiger partial charge on any atom is -0.476 e. The topological polar surface area (TPSA) is 84.8 Å². The molecule has 0 bridgehead atoms. The summed E-state index contributed by atoms with van der Waals surface area (Å²) in [5.74, 6) is 0.786. The van der Waals surface area contributed by atoms with Crippen LogP contribution in [0.1, 0.15) is 32.3 Å². The van der Waals surface area contributed by atoms with Gasteiger partial charge in [0, 0.05) is 43.0 Å². The Labute approximate surface area is 169 Å². The first-order valence-corrected chi connectivity index (χ1v) is 9.99. The molecule has 2 N–H and O–H groups in total. The summed E-state index contributed by atoms with van der Waals surface area (Å²) in [4.78, 5) is 8.99. The first kappa shape index (κ1) is 19.4. The summed E-state index contributed by atoms with van der Waals surface area (Å²) < 4.78 is 21.6. The predicted molar refractivity (Wildman–Crippen MR) is 110 cm³/mol. The summed E-state index contributed by atoms with van der Waals surface area (Å²) in [5, 5.41) is 8.37. The van der Waals surface area contributed by atoms with Crippen molar-refractivity contribution in [1.82, 2.24) is 19.6 Å². The van der Waals surface area contributed by atoms with Crippen molar-refractivity contribution in [2.24, 2.45) is 5.73 Å². The monoisotopic (exact) mass is 399 g/mol. The maximum absolute atomic E-state index is 14.0. The Kier molecular flexibility index (Phi) is 5.48. The molecule has 9 heteroatoms. The van der Waals surface area contributed by atoms with Gasteiger partial charge in [0.2, 0.25) is 5.88 Å². The quantitative estimate of drug-likeness (QED) is 0.654. The second kappa shape index (κ2) is 8.20. The molecule has 8 nitrogen and oxygen atoms in total. The fourth-order valence-corrected chi connectivity index (χ4v) is 3.45. The van der Waals surface area contributed by atoms with Gasteiger partial charge in [0.15, 0.2) is 11.5 Å². The molecule has 1 aliphatic heterocycles. The van der Waals surface area contributed by atoms with E-state index in [-0.39, 0.29) is 6.04 Å². The van der Waals surface area contributed by atoms with Crippen molar-refractivity contribution in [3.05, 3.63) is 42.1 Å². The number of nitrogens with two attached hydrogens (primary N) is 1. The van der Waals surface area contributed by atoms with Crippen LogP contribution in [0.5, 0.6) is 5.88 Å². The molecule has 29 heavy (non-hydrogen) atoms. The van der Waals surface area contributed by atoms with Gasteiger partial charge in [0.1, 0.15) is 11.5 Å². The van der Waals surface area contributed by atoms with E-state index >= 15 is 0 Å². The van der Waals surface area contributed by atoms with Crippen LogP contribution >= 0.6 is 0 Å². The predicted octanol–water partition coefficient (Wildman–Crippen LogP) is 2.57. The maximum atomic E-state index is 14.0. The second-order valence-electron chi connectivity index (χ2n) is 7.27. The summed E-state index contributed by atoms with van der Waals surface area (Å²) >= 11 is 0. The summed E-state index contributed by atoms with van der Waals surface area (Å²) in [6.07, 6.45) is 7.39. The van der Waals surface area contributed by atoms with Crippen molar-refractivity contribution < 1.29 is 9.13 Å². The molecule has 1 saturated heterocycles. The number of fused-ring (bicyclic) bond motifs is 1. The highest BCUT2D eigenvalue weighted by molar-refractivity contribution is 5.63. The fraction of sp³-hybridized carbons (Fsp3) is 0.450. The average Bonchev–Trinajstić information content (AvgIpc) is 3.35. The number of anilines is 2. The third kappa shape index (κ3) is 3.95. The molecule has 154 valence electrons. The van der Waals surface area contributed by atoms with Gasteiger partial charge in [0.05, 0.1) is 19.0 Å². The zero-order chi connectivity index (χ0) is 20.4. The van der Waals surface area contributed by atoms with E-state index < -0.39 is 5.82 Å². The van der Waals surface area contributed by atoms with Gasteiger partial charge in [-0.1, -0.05) is 6.92 Å². The van der Waals surface area contributed by atoms with E-state index in [1.54, 1.807) is 4.52 Å². The first-order valence-electron chi connectivity index (χ1n) is 9.99. The normalized spacial score (nSPS) is 15.3. The van der Waals surface area contributed by atoms with Gasteiger partial charge in [-0.15, -0.1) is 0 Å². The summed E-state index contributed by atoms with van der Waals surface area (Å²) in [6, 6.07) is 3.41. The number of hydrogen-bond acceptors (Lipinski definition) is 7. The van der Waals surface area contributed by atoms with E-state index in [1.807, 2.05) is 35.4 Å². The van der Waals surface area contributed by atoms with Crippen LogP contribution in [0.15, 0.2) is 30.7 Å². The van der Waals surface area contributed by atoms with Crippen molar-refractivity contribution in [3.63, 3.8) is 0 Å². The lowest BCUT2D eigenvalue weighted by Crippen LogP contribution is -2.38. The van der Waals surface area contributed by atoms with Crippen molar-refractivity contribution >= 4 is 17.2 Å². The van der Waals surface area contributed by atoms with Gasteiger partial charge < -0.3 is 10.5 Å². The molecule has 1 fully saturated rings. The zero-order valence-corrected chi connectivity index (χ0v) is 16.8. The van der Waals surface area contributed by atoms with Crippen molar-refractivity contribution in [1.29, 1.82) is 0 Å². The van der Waals surface area contributed by atoms with Crippen LogP contribution in [0.3, 0.4) is 0 Å². The molecule has 1 atom stereocenters. The van der Waals surface area contributed by atoms with Gasteiger partial charge in [-0.05, 0) is 26.2 Å². The van der Waals surface area contributed by atoms with Crippen molar-refractivity contribution in [2.75, 3.05) is 29.7 Å². The number of halogens is 1. The minimum absolute atomic E-state index is 0.0292. The Morgan fingerprint density at radius 1 is 1.28 bits per heavy atom. The Hall–Kier alpha value is -2.94. The van der Waals surface area contributed by atoms with Crippen molar-refractivity contribution in [3.8, 4) is 5.88 Å². The van der Waals surface area contributed by atoms with E-state index in [0.717, 1.165) is 43.0 Å². The molecular formula is C20H26FN7O. The third-order valence-corrected chi connectivity index (χ3v) is 4.99. The van der Waals surface area contributed by atoms with Crippen LogP contribution in [0.4, 0.5) is 15.9 Å². The number of hydrazine groups is 1. The third-order valence-electron chi connectivity index (χ3n) is 4.99. The van der Waals surface area contributed by atoms with E-state index in [4.69, 9.17) is 15.5 Å². The molecule has 0 aliphatic carbocycles. The molecule has 4 heterocycles. The largest absolute Gasteiger partial charge is 0.476 e. The van der Waals surface area contributed by atoms with Crippen LogP contribution in [-0.4, -0.2) is 45.3 Å². The number of rotatable bonds is 7. The minimum atomic E-state index is -0.404. The SMILES string of the molecule is CCc1cnn2ccc(N3CCCN3c3cc(F)cnc3OCC[C@@H](C)N)nc12. The Bertz CT molecular complexity index is 990. The molecular weight excluding hydrogens is 373 g/mol. The molecule has 1 aliphatic rings. The van der Waals surface area contributed by atoms with Crippen LogP contribution in [-0.2, 0) is 6.42 Å². The lowest BCUT2D eigenvalue weighted by molar-refractivity contribution is 0.290. The average molecular weight is 399 g/mol. The molecule has 0 radical (unpaired) electrons. The van der Waals surface area contributed by atoms with Crippen LogP contribution < -0.4 is 20.5 Å². The highest BCUT2D eigenvalue weighted by Crippen LogP contribution is 2.33. The molecule has 0 aromatic carbocycles. The molecule has 0 spiro atoms. The molecule has 3 aromatic heterocycles. The molecule has 4 rings (SSSR count). The lowest BCUT2D eigenvalue weighted by Gasteiger charge is -2.31. The number of aryl methyl sites for hydroxylation is 1. The van der Waals surface area contributed by atoms with Crippen LogP contribution in [0, 0.1) is 5.82 Å². The van der Waals surface area contributed by atoms with E-state index in [0.29, 0.717) is 24.6 Å². The van der Waals surface area contributed by atoms with E-state index in [9.17, 15) is 4.39 Å². The molecule has 0 saturated carbocycles. The summed E-state index contributed by atoms with van der Waals surface area (Å²) in [7, 11) is 0. The molecule has 3 aromatic rings. The standard InChI is InChI=1S/C20H26FN7O/c1-3-15-12-24-26-9-5-18(25-19(15)26)28-8-4-7-27(28)17-11-16(21)13-23-20(17)29-10-6-14(2)22/h5,9,11-14H,3-4,6-8,10,22H2,1-2H3/t14-/m1/s1. The van der Waals surface area contributed by atoms with Gasteiger partial charge in [-0.3, -0.25) is 10.0 Å². The Morgan fingerprint density at radius 2 is 2.10 bits per heavy atom. The van der Waals surface area contributed by atoms with Gasteiger partial charge in [-0.2, -0.15) is 5.10 Å². The highest BCUT2D eigenvalue weighted by atomic mass is 19.1. The van der Waals surface area contributed by atoms with Gasteiger partial charge in [-0.25, -0.2) is 18.9 Å². The first-order chi connectivity index (χ1) is 14.1. The van der Waals surface area contributed by atoms with Crippen molar-refractivity contribution in [2.45, 2.75) is 39.2 Å². The van der Waals surface area contributed by atoms with Gasteiger partial charge >= 0.3 is 0 Å². The lowest BCUT2D eigenvalue weighted by atomic mass is 10.3. The number of hydrogen-bond donors (Lipinski definition) is 1. The molecule has 0 amide bonds. The van der Waals surface area contributed by atoms with E-state index in [1.165, 1.54) is 12.3 Å². The Balaban J connectivity index is 1.65. The maximum Gasteiger partial charge on any atom is 0.239 e. The highest BCUT2D eigenvalue weighted by Gasteiger charge is 2.28. The Morgan fingerprint density at radius 3 is 2.90 bits per heavy atom. The summed E-state index contributed by atoms with van der Waals surface area (Å²) in [6.45, 7) is 5.93. The number of nitrogens with zero attached hydrogens (tertiary/aromatic N) is 6. The number of aromatic nitrogens is 4. The zero-order valence-electron chi connectivity index (χ0n) is 16.8. The summed E-state index contributed by atoms with van der Waals surface area (Å²) in [5.41, 5.74) is 8.32. The second-order valence-corrected chi connectivity index (χ2v) is 7.27. The smallest absolute Gasteiger partial charge is 0.239 e. The fourth-order valence-electron chi connectivity index (χ4n) is 3.45.